The molecule has 0 saturated heterocycles. The lowest BCUT2D eigenvalue weighted by atomic mass is 9.76. The summed E-state index contributed by atoms with van der Waals surface area (Å²) in [5.41, 5.74) is 4.63. The van der Waals surface area contributed by atoms with Crippen LogP contribution >= 0.6 is 15.9 Å². The Morgan fingerprint density at radius 1 is 1.19 bits per heavy atom. The van der Waals surface area contributed by atoms with E-state index < -0.39 is 0 Å². The Balaban J connectivity index is 1.77. The summed E-state index contributed by atoms with van der Waals surface area (Å²) >= 11 is 3.73. The van der Waals surface area contributed by atoms with Crippen molar-refractivity contribution >= 4 is 27.9 Å². The number of fused-ring (bicyclic) bond motifs is 3. The number of ether oxygens (including phenoxy) is 2. The maximum absolute atomic E-state index is 10.9. The number of aldehydes is 1. The normalized spacial score (nSPS) is 22.6. The van der Waals surface area contributed by atoms with Crippen LogP contribution in [0.1, 0.15) is 35.1 Å². The van der Waals surface area contributed by atoms with Gasteiger partial charge in [0.2, 0.25) is 0 Å². The van der Waals surface area contributed by atoms with E-state index in [1.807, 2.05) is 12.1 Å². The van der Waals surface area contributed by atoms with Gasteiger partial charge in [-0.15, -0.1) is 0 Å². The van der Waals surface area contributed by atoms with Crippen molar-refractivity contribution < 1.29 is 14.3 Å². The van der Waals surface area contributed by atoms with Gasteiger partial charge in [-0.1, -0.05) is 30.4 Å². The smallest absolute Gasteiger partial charge is 0.175 e. The molecule has 1 heterocycles. The van der Waals surface area contributed by atoms with Crippen LogP contribution in [0.25, 0.3) is 0 Å². The monoisotopic (exact) mass is 427 g/mol. The lowest BCUT2D eigenvalue weighted by Gasteiger charge is -2.38. The number of carbonyl (C=O) groups is 1. The molecule has 0 amide bonds. The minimum atomic E-state index is 0.156. The Hall–Kier alpha value is -2.27. The van der Waals surface area contributed by atoms with Crippen molar-refractivity contribution in [2.45, 2.75) is 24.8 Å². The van der Waals surface area contributed by atoms with Crippen molar-refractivity contribution in [2.24, 2.45) is 5.92 Å². The minimum Gasteiger partial charge on any atom is -0.493 e. The summed E-state index contributed by atoms with van der Waals surface area (Å²) in [5.74, 6) is 2.19. The summed E-state index contributed by atoms with van der Waals surface area (Å²) in [6, 6.07) is 10.5. The summed E-state index contributed by atoms with van der Waals surface area (Å²) in [6.45, 7) is 0. The fourth-order valence-corrected chi connectivity index (χ4v) is 5.06. The van der Waals surface area contributed by atoms with Crippen molar-refractivity contribution in [3.8, 4) is 11.5 Å². The van der Waals surface area contributed by atoms with E-state index in [9.17, 15) is 4.79 Å². The second-order valence-electron chi connectivity index (χ2n) is 6.97. The van der Waals surface area contributed by atoms with Crippen LogP contribution in [0.5, 0.6) is 11.5 Å². The summed E-state index contributed by atoms with van der Waals surface area (Å²) in [5, 5.41) is 3.73. The van der Waals surface area contributed by atoms with Crippen LogP contribution in [0.4, 0.5) is 5.69 Å². The molecule has 0 fully saturated rings. The van der Waals surface area contributed by atoms with E-state index in [4.69, 9.17) is 9.47 Å². The first-order chi connectivity index (χ1) is 13.2. The van der Waals surface area contributed by atoms with Crippen LogP contribution in [0.3, 0.4) is 0 Å². The van der Waals surface area contributed by atoms with E-state index in [2.05, 4.69) is 51.6 Å². The number of halogens is 1. The highest BCUT2D eigenvalue weighted by molar-refractivity contribution is 9.10. The van der Waals surface area contributed by atoms with Crippen LogP contribution in [0.15, 0.2) is 47.0 Å². The zero-order valence-electron chi connectivity index (χ0n) is 15.4. The highest BCUT2D eigenvalue weighted by Crippen LogP contribution is 2.52. The van der Waals surface area contributed by atoms with Gasteiger partial charge < -0.3 is 19.6 Å². The van der Waals surface area contributed by atoms with Crippen LogP contribution < -0.4 is 14.8 Å². The zero-order valence-corrected chi connectivity index (χ0v) is 17.0. The van der Waals surface area contributed by atoms with Crippen LogP contribution in [0, 0.1) is 5.92 Å². The van der Waals surface area contributed by atoms with Gasteiger partial charge in [0.15, 0.2) is 11.5 Å². The van der Waals surface area contributed by atoms with Crippen LogP contribution in [-0.4, -0.2) is 20.5 Å². The molecule has 2 aromatic rings. The second kappa shape index (κ2) is 7.39. The van der Waals surface area contributed by atoms with E-state index >= 15 is 0 Å². The third-order valence-corrected chi connectivity index (χ3v) is 6.41. The third kappa shape index (κ3) is 3.04. The number of carbonyl (C=O) groups excluding carboxylic acids is 1. The Morgan fingerprint density at radius 2 is 2.04 bits per heavy atom. The highest BCUT2D eigenvalue weighted by atomic mass is 79.9. The molecule has 1 aliphatic heterocycles. The summed E-state index contributed by atoms with van der Waals surface area (Å²) in [7, 11) is 3.30. The van der Waals surface area contributed by atoms with E-state index in [0.29, 0.717) is 29.8 Å². The average Bonchev–Trinajstić information content (AvgIpc) is 3.18. The molecule has 27 heavy (non-hydrogen) atoms. The number of hydrogen-bond donors (Lipinski definition) is 1. The first-order valence-corrected chi connectivity index (χ1v) is 9.87. The molecule has 2 aromatic carbocycles. The lowest BCUT2D eigenvalue weighted by molar-refractivity contribution is -0.107. The molecule has 140 valence electrons. The third-order valence-electron chi connectivity index (χ3n) is 5.60. The zero-order chi connectivity index (χ0) is 19.0. The Morgan fingerprint density at radius 3 is 2.78 bits per heavy atom. The van der Waals surface area contributed by atoms with Crippen molar-refractivity contribution in [1.29, 1.82) is 0 Å². The van der Waals surface area contributed by atoms with E-state index in [1.165, 1.54) is 5.56 Å². The van der Waals surface area contributed by atoms with Crippen LogP contribution in [-0.2, 0) is 11.2 Å². The fourth-order valence-electron chi connectivity index (χ4n) is 4.32. The maximum atomic E-state index is 10.9. The molecular formula is C22H22BrNO3. The topological polar surface area (TPSA) is 47.6 Å². The van der Waals surface area contributed by atoms with Gasteiger partial charge in [0, 0.05) is 18.0 Å². The largest absolute Gasteiger partial charge is 0.493 e. The standard InChI is InChI=1S/C22H22BrNO3/c1-26-19-9-7-16(20(23)22(19)27-2)21-15-5-3-4-14(15)17-12-13(10-11-25)6-8-18(17)24-21/h3-4,6-9,11-12,14-15,21,24H,5,10H2,1-2H3/t14-,15+,21-/m1/s1. The molecule has 1 aliphatic carbocycles. The van der Waals surface area contributed by atoms with Gasteiger partial charge in [-0.05, 0) is 57.1 Å². The molecular weight excluding hydrogens is 406 g/mol. The number of methoxy groups -OCH3 is 2. The van der Waals surface area contributed by atoms with Crippen molar-refractivity contribution in [1.82, 2.24) is 0 Å². The molecule has 0 bridgehead atoms. The van der Waals surface area contributed by atoms with Gasteiger partial charge in [0.1, 0.15) is 6.29 Å². The Kier molecular flexibility index (Phi) is 4.96. The molecule has 0 saturated carbocycles. The van der Waals surface area contributed by atoms with Gasteiger partial charge in [-0.2, -0.15) is 0 Å². The van der Waals surface area contributed by atoms with Crippen molar-refractivity contribution in [3.05, 3.63) is 63.6 Å². The molecule has 4 nitrogen and oxygen atoms in total. The molecule has 0 radical (unpaired) electrons. The predicted octanol–water partition coefficient (Wildman–Crippen LogP) is 5.03. The summed E-state index contributed by atoms with van der Waals surface area (Å²) in [4.78, 5) is 10.9. The molecule has 0 spiro atoms. The number of hydrogen-bond acceptors (Lipinski definition) is 4. The van der Waals surface area contributed by atoms with Gasteiger partial charge in [-0.3, -0.25) is 0 Å². The lowest BCUT2D eigenvalue weighted by Crippen LogP contribution is -2.29. The molecule has 0 aromatic heterocycles. The first kappa shape index (κ1) is 18.1. The van der Waals surface area contributed by atoms with Gasteiger partial charge in [0.25, 0.3) is 0 Å². The van der Waals surface area contributed by atoms with Crippen molar-refractivity contribution in [2.75, 3.05) is 19.5 Å². The fraction of sp³-hybridized carbons (Fsp3) is 0.318. The molecule has 1 N–H and O–H groups in total. The molecule has 2 aliphatic rings. The van der Waals surface area contributed by atoms with E-state index in [-0.39, 0.29) is 6.04 Å². The molecule has 4 rings (SSSR count). The van der Waals surface area contributed by atoms with E-state index in [0.717, 1.165) is 34.0 Å². The van der Waals surface area contributed by atoms with Gasteiger partial charge in [-0.25, -0.2) is 0 Å². The Bertz CT molecular complexity index is 909. The molecule has 0 unspecified atom stereocenters. The molecule has 3 atom stereocenters. The number of benzene rings is 2. The second-order valence-corrected chi connectivity index (χ2v) is 7.77. The van der Waals surface area contributed by atoms with E-state index in [1.54, 1.807) is 14.2 Å². The van der Waals surface area contributed by atoms with Gasteiger partial charge >= 0.3 is 0 Å². The Labute approximate surface area is 167 Å². The maximum Gasteiger partial charge on any atom is 0.175 e. The first-order valence-electron chi connectivity index (χ1n) is 9.08. The predicted molar refractivity (Wildman–Crippen MR) is 110 cm³/mol. The van der Waals surface area contributed by atoms with Crippen LogP contribution in [0.2, 0.25) is 0 Å². The minimum absolute atomic E-state index is 0.156. The van der Waals surface area contributed by atoms with Crippen molar-refractivity contribution in [3.63, 3.8) is 0 Å². The summed E-state index contributed by atoms with van der Waals surface area (Å²) in [6.07, 6.45) is 7.00. The number of nitrogens with one attached hydrogen (secondary N) is 1. The highest BCUT2D eigenvalue weighted by Gasteiger charge is 2.39. The SMILES string of the molecule is COc1ccc([C@@H]2Nc3ccc(CC=O)cc3[C@@H]3C=CC[C@@H]32)c(Br)c1OC. The average molecular weight is 428 g/mol. The quantitative estimate of drug-likeness (QED) is 0.536. The number of allylic oxidation sites excluding steroid dienone is 2. The summed E-state index contributed by atoms with van der Waals surface area (Å²) < 4.78 is 11.9. The van der Waals surface area contributed by atoms with Gasteiger partial charge in [0.05, 0.1) is 24.7 Å². The number of rotatable bonds is 5. The number of anilines is 1. The molecule has 5 heteroatoms.